The zero-order valence-electron chi connectivity index (χ0n) is 13.3. The molecule has 0 heterocycles. The Morgan fingerprint density at radius 1 is 0.840 bits per heavy atom. The summed E-state index contributed by atoms with van der Waals surface area (Å²) in [5, 5.41) is 11.2. The number of hydrogen-bond donors (Lipinski definition) is 3. The lowest BCUT2D eigenvalue weighted by Crippen LogP contribution is -2.47. The minimum Gasteiger partial charge on any atom is -0.372 e. The van der Waals surface area contributed by atoms with Gasteiger partial charge < -0.3 is 5.11 Å². The number of aliphatic hydroxyl groups is 1. The lowest BCUT2D eigenvalue weighted by atomic mass is 9.85. The molecule has 3 rings (SSSR count). The highest BCUT2D eigenvalue weighted by Crippen LogP contribution is 2.29. The number of anilines is 1. The van der Waals surface area contributed by atoms with Crippen molar-refractivity contribution >= 4 is 11.6 Å². The van der Waals surface area contributed by atoms with Gasteiger partial charge in [0, 0.05) is 0 Å². The Morgan fingerprint density at radius 2 is 1.40 bits per heavy atom. The molecule has 4 nitrogen and oxygen atoms in total. The van der Waals surface area contributed by atoms with E-state index in [0.29, 0.717) is 16.8 Å². The van der Waals surface area contributed by atoms with Crippen molar-refractivity contribution < 1.29 is 14.3 Å². The van der Waals surface area contributed by atoms with Gasteiger partial charge in [0.15, 0.2) is 5.60 Å². The van der Waals surface area contributed by atoms with Gasteiger partial charge >= 0.3 is 0 Å². The predicted molar refractivity (Wildman–Crippen MR) is 94.0 cm³/mol. The van der Waals surface area contributed by atoms with Crippen molar-refractivity contribution in [3.8, 4) is 0 Å². The quantitative estimate of drug-likeness (QED) is 0.627. The second-order valence-electron chi connectivity index (χ2n) is 5.53. The first-order chi connectivity index (χ1) is 12.1. The van der Waals surface area contributed by atoms with Crippen LogP contribution < -0.4 is 10.9 Å². The molecule has 25 heavy (non-hydrogen) atoms. The van der Waals surface area contributed by atoms with Crippen molar-refractivity contribution in [2.75, 3.05) is 5.43 Å². The molecular weight excluding hydrogens is 319 g/mol. The molecule has 0 bridgehead atoms. The number of halogens is 1. The Kier molecular flexibility index (Phi) is 4.77. The van der Waals surface area contributed by atoms with Crippen LogP contribution >= 0.6 is 0 Å². The van der Waals surface area contributed by atoms with E-state index in [4.69, 9.17) is 0 Å². The molecule has 126 valence electrons. The minimum absolute atomic E-state index is 0.372. The van der Waals surface area contributed by atoms with Crippen molar-refractivity contribution in [2.45, 2.75) is 5.60 Å². The maximum absolute atomic E-state index is 13.3. The first-order valence-corrected chi connectivity index (χ1v) is 7.76. The molecule has 0 atom stereocenters. The molecule has 5 heteroatoms. The Labute approximate surface area is 144 Å². The van der Waals surface area contributed by atoms with Gasteiger partial charge in [-0.05, 0) is 29.3 Å². The molecular formula is C20H17FN2O2. The van der Waals surface area contributed by atoms with Gasteiger partial charge in [-0.2, -0.15) is 0 Å². The van der Waals surface area contributed by atoms with Crippen LogP contribution in [0.1, 0.15) is 11.1 Å². The van der Waals surface area contributed by atoms with Crippen LogP contribution in [0.15, 0.2) is 84.9 Å². The number of nitrogens with one attached hydrogen (secondary N) is 2. The summed E-state index contributed by atoms with van der Waals surface area (Å²) in [6, 6.07) is 23.0. The molecule has 0 aliphatic rings. The second kappa shape index (κ2) is 7.15. The Hall–Kier alpha value is -3.18. The van der Waals surface area contributed by atoms with Crippen LogP contribution in [-0.4, -0.2) is 11.0 Å². The van der Waals surface area contributed by atoms with Gasteiger partial charge in [-0.15, -0.1) is 0 Å². The summed E-state index contributed by atoms with van der Waals surface area (Å²) in [5.41, 5.74) is 4.44. The summed E-state index contributed by atoms with van der Waals surface area (Å²) in [4.78, 5) is 12.8. The van der Waals surface area contributed by atoms with Crippen molar-refractivity contribution in [3.05, 3.63) is 102 Å². The molecule has 3 aromatic carbocycles. The summed E-state index contributed by atoms with van der Waals surface area (Å²) in [6.45, 7) is 0. The average molecular weight is 336 g/mol. The second-order valence-corrected chi connectivity index (χ2v) is 5.53. The smallest absolute Gasteiger partial charge is 0.279 e. The van der Waals surface area contributed by atoms with Gasteiger partial charge in [0.2, 0.25) is 0 Å². The molecule has 0 radical (unpaired) electrons. The third kappa shape index (κ3) is 3.51. The highest BCUT2D eigenvalue weighted by molar-refractivity contribution is 5.90. The number of carbonyl (C=O) groups is 1. The largest absolute Gasteiger partial charge is 0.372 e. The zero-order valence-corrected chi connectivity index (χ0v) is 13.3. The van der Waals surface area contributed by atoms with Crippen LogP contribution in [0.5, 0.6) is 0 Å². The number of hydrogen-bond acceptors (Lipinski definition) is 3. The maximum atomic E-state index is 13.3. The van der Waals surface area contributed by atoms with Crippen LogP contribution in [0.2, 0.25) is 0 Å². The van der Waals surface area contributed by atoms with Gasteiger partial charge in [0.1, 0.15) is 5.82 Å². The van der Waals surface area contributed by atoms with E-state index in [1.54, 1.807) is 66.7 Å². The van der Waals surface area contributed by atoms with E-state index in [1.807, 2.05) is 0 Å². The zero-order chi connectivity index (χ0) is 17.7. The minimum atomic E-state index is -1.89. The number of amides is 1. The highest BCUT2D eigenvalue weighted by atomic mass is 19.1. The fraction of sp³-hybridized carbons (Fsp3) is 0.0500. The van der Waals surface area contributed by atoms with Crippen LogP contribution in [0.4, 0.5) is 10.1 Å². The number of benzene rings is 3. The first-order valence-electron chi connectivity index (χ1n) is 7.76. The maximum Gasteiger partial charge on any atom is 0.279 e. The molecule has 0 spiro atoms. The fourth-order valence-electron chi connectivity index (χ4n) is 2.57. The van der Waals surface area contributed by atoms with E-state index in [1.165, 1.54) is 18.2 Å². The van der Waals surface area contributed by atoms with E-state index in [0.717, 1.165) is 0 Å². The van der Waals surface area contributed by atoms with E-state index < -0.39 is 17.3 Å². The third-order valence-electron chi connectivity index (χ3n) is 3.86. The number of hydrazine groups is 1. The molecule has 0 saturated heterocycles. The van der Waals surface area contributed by atoms with E-state index >= 15 is 0 Å². The lowest BCUT2D eigenvalue weighted by molar-refractivity contribution is -0.136. The SMILES string of the molecule is O=C(NNc1cccc(F)c1)C(O)(c1ccccc1)c1ccccc1. The van der Waals surface area contributed by atoms with Gasteiger partial charge in [-0.3, -0.25) is 15.6 Å². The van der Waals surface area contributed by atoms with Gasteiger partial charge in [-0.25, -0.2) is 4.39 Å². The van der Waals surface area contributed by atoms with Crippen molar-refractivity contribution in [1.82, 2.24) is 5.43 Å². The van der Waals surface area contributed by atoms with E-state index in [-0.39, 0.29) is 0 Å². The fourth-order valence-corrected chi connectivity index (χ4v) is 2.57. The molecule has 0 aliphatic carbocycles. The number of rotatable bonds is 5. The van der Waals surface area contributed by atoms with Crippen molar-refractivity contribution in [1.29, 1.82) is 0 Å². The van der Waals surface area contributed by atoms with Crippen molar-refractivity contribution in [3.63, 3.8) is 0 Å². The van der Waals surface area contributed by atoms with Gasteiger partial charge in [0.05, 0.1) is 5.69 Å². The molecule has 0 unspecified atom stereocenters. The molecule has 3 N–H and O–H groups in total. The van der Waals surface area contributed by atoms with E-state index in [9.17, 15) is 14.3 Å². The molecule has 1 amide bonds. The molecule has 3 aromatic rings. The average Bonchev–Trinajstić information content (AvgIpc) is 2.67. The standard InChI is InChI=1S/C20H17FN2O2/c21-17-12-7-13-18(14-17)22-23-19(24)20(25,15-8-3-1-4-9-15)16-10-5-2-6-11-16/h1-14,22,25H,(H,23,24). The van der Waals surface area contributed by atoms with Gasteiger partial charge in [-0.1, -0.05) is 66.7 Å². The summed E-state index contributed by atoms with van der Waals surface area (Å²) in [6.07, 6.45) is 0. The normalized spacial score (nSPS) is 11.0. The monoisotopic (exact) mass is 336 g/mol. The topological polar surface area (TPSA) is 61.4 Å². The Morgan fingerprint density at radius 3 is 1.92 bits per heavy atom. The lowest BCUT2D eigenvalue weighted by Gasteiger charge is -2.28. The van der Waals surface area contributed by atoms with E-state index in [2.05, 4.69) is 10.9 Å². The van der Waals surface area contributed by atoms with Crippen LogP contribution in [0, 0.1) is 5.82 Å². The summed E-state index contributed by atoms with van der Waals surface area (Å²) in [7, 11) is 0. The highest BCUT2D eigenvalue weighted by Gasteiger charge is 2.39. The number of carbonyl (C=O) groups excluding carboxylic acids is 1. The third-order valence-corrected chi connectivity index (χ3v) is 3.86. The molecule has 0 fully saturated rings. The Bertz CT molecular complexity index is 814. The molecule has 0 saturated carbocycles. The van der Waals surface area contributed by atoms with Gasteiger partial charge in [0.25, 0.3) is 5.91 Å². The summed E-state index contributed by atoms with van der Waals surface area (Å²) < 4.78 is 13.3. The summed E-state index contributed by atoms with van der Waals surface area (Å²) in [5.74, 6) is -1.10. The molecule has 0 aliphatic heterocycles. The predicted octanol–water partition coefficient (Wildman–Crippen LogP) is 3.20. The first kappa shape index (κ1) is 16.7. The van der Waals surface area contributed by atoms with Crippen LogP contribution in [0.3, 0.4) is 0 Å². The molecule has 0 aromatic heterocycles. The summed E-state index contributed by atoms with van der Waals surface area (Å²) >= 11 is 0. The van der Waals surface area contributed by atoms with Crippen LogP contribution in [-0.2, 0) is 10.4 Å². The van der Waals surface area contributed by atoms with Crippen LogP contribution in [0.25, 0.3) is 0 Å². The van der Waals surface area contributed by atoms with Crippen molar-refractivity contribution in [2.24, 2.45) is 0 Å². The Balaban J connectivity index is 1.91.